The average molecular weight is 495 g/mol. The Morgan fingerprint density at radius 1 is 0.684 bits per heavy atom. The van der Waals surface area contributed by atoms with Crippen LogP contribution in [0.2, 0.25) is 0 Å². The number of aromatic nitrogens is 1. The van der Waals surface area contributed by atoms with Gasteiger partial charge >= 0.3 is 0 Å². The number of nitrogens with zero attached hydrogens (tertiary/aromatic N) is 2. The molecular formula is C35H30N2O. The number of carbonyl (C=O) groups is 1. The second kappa shape index (κ2) is 9.75. The lowest BCUT2D eigenvalue weighted by atomic mass is 9.73. The third kappa shape index (κ3) is 4.41. The van der Waals surface area contributed by atoms with Crippen molar-refractivity contribution in [1.29, 1.82) is 0 Å². The molecule has 1 aromatic heterocycles. The second-order valence-electron chi connectivity index (χ2n) is 10.5. The molecule has 38 heavy (non-hydrogen) atoms. The number of benzene rings is 4. The van der Waals surface area contributed by atoms with Gasteiger partial charge in [-0.3, -0.25) is 9.78 Å². The predicted molar refractivity (Wildman–Crippen MR) is 156 cm³/mol. The number of hydrogen-bond donors (Lipinski definition) is 0. The van der Waals surface area contributed by atoms with Crippen LogP contribution in [0, 0.1) is 5.41 Å². The first-order valence-corrected chi connectivity index (χ1v) is 13.1. The van der Waals surface area contributed by atoms with E-state index in [2.05, 4.69) is 115 Å². The van der Waals surface area contributed by atoms with E-state index in [-0.39, 0.29) is 11.2 Å². The van der Waals surface area contributed by atoms with Crippen LogP contribution in [0.4, 0.5) is 17.1 Å². The molecule has 5 aromatic rings. The lowest BCUT2D eigenvalue weighted by molar-refractivity contribution is 0.0811. The van der Waals surface area contributed by atoms with Gasteiger partial charge < -0.3 is 4.90 Å². The summed E-state index contributed by atoms with van der Waals surface area (Å²) < 4.78 is 0. The molecule has 3 nitrogen and oxygen atoms in total. The third-order valence-electron chi connectivity index (χ3n) is 7.53. The number of fused-ring (bicyclic) bond motifs is 1. The number of Topliss-reactive ketones (excluding diaryl/α,β-unsaturated/α-hetero) is 1. The van der Waals surface area contributed by atoms with E-state index in [0.29, 0.717) is 0 Å². The van der Waals surface area contributed by atoms with Crippen molar-refractivity contribution in [2.75, 3.05) is 4.90 Å². The number of rotatable bonds is 5. The lowest BCUT2D eigenvalue weighted by Gasteiger charge is -2.32. The highest BCUT2D eigenvalue weighted by Gasteiger charge is 2.34. The zero-order valence-electron chi connectivity index (χ0n) is 21.8. The Balaban J connectivity index is 1.57. The molecule has 1 heterocycles. The van der Waals surface area contributed by atoms with Crippen molar-refractivity contribution in [3.8, 4) is 22.4 Å². The molecule has 0 bridgehead atoms. The van der Waals surface area contributed by atoms with E-state index in [1.807, 2.05) is 30.5 Å². The summed E-state index contributed by atoms with van der Waals surface area (Å²) >= 11 is 0. The normalized spacial score (nSPS) is 14.1. The van der Waals surface area contributed by atoms with Gasteiger partial charge in [-0.05, 0) is 66.4 Å². The summed E-state index contributed by atoms with van der Waals surface area (Å²) in [6.07, 6.45) is 3.62. The number of para-hydroxylation sites is 1. The topological polar surface area (TPSA) is 33.2 Å². The molecule has 186 valence electrons. The minimum atomic E-state index is -0.350. The first-order valence-electron chi connectivity index (χ1n) is 13.1. The Labute approximate surface area is 224 Å². The molecule has 0 atom stereocenters. The first-order chi connectivity index (χ1) is 18.5. The van der Waals surface area contributed by atoms with E-state index in [0.717, 1.165) is 63.4 Å². The van der Waals surface area contributed by atoms with Crippen molar-refractivity contribution in [1.82, 2.24) is 4.98 Å². The van der Waals surface area contributed by atoms with Gasteiger partial charge in [0.05, 0.1) is 11.4 Å². The van der Waals surface area contributed by atoms with Gasteiger partial charge in [0.2, 0.25) is 0 Å². The fourth-order valence-corrected chi connectivity index (χ4v) is 5.35. The number of pyridine rings is 1. The van der Waals surface area contributed by atoms with Crippen molar-refractivity contribution in [3.63, 3.8) is 0 Å². The monoisotopic (exact) mass is 494 g/mol. The summed E-state index contributed by atoms with van der Waals surface area (Å²) in [4.78, 5) is 20.3. The molecule has 0 fully saturated rings. The number of carbonyl (C=O) groups excluding carboxylic acids is 1. The maximum Gasteiger partial charge on any atom is 0.168 e. The number of anilines is 3. The molecule has 6 rings (SSSR count). The van der Waals surface area contributed by atoms with Gasteiger partial charge in [-0.25, -0.2) is 0 Å². The third-order valence-corrected chi connectivity index (χ3v) is 7.53. The lowest BCUT2D eigenvalue weighted by Crippen LogP contribution is -2.30. The molecule has 0 saturated heterocycles. The van der Waals surface area contributed by atoms with E-state index in [1.54, 1.807) is 0 Å². The SMILES string of the molecule is CC1(C)CCc2ccc(N(c3cccc(-c4ccccn4)c3)c3ccccc3-c3ccccc3)cc2C1=O. The van der Waals surface area contributed by atoms with Crippen LogP contribution in [-0.4, -0.2) is 10.8 Å². The van der Waals surface area contributed by atoms with Crippen LogP contribution in [0.3, 0.4) is 0 Å². The summed E-state index contributed by atoms with van der Waals surface area (Å²) in [7, 11) is 0. The van der Waals surface area contributed by atoms with Crippen LogP contribution < -0.4 is 4.90 Å². The summed E-state index contributed by atoms with van der Waals surface area (Å²) in [5.41, 5.74) is 8.89. The number of ketones is 1. The molecule has 0 N–H and O–H groups in total. The van der Waals surface area contributed by atoms with Crippen LogP contribution in [-0.2, 0) is 6.42 Å². The van der Waals surface area contributed by atoms with Gasteiger partial charge in [0.15, 0.2) is 5.78 Å². The van der Waals surface area contributed by atoms with Crippen molar-refractivity contribution < 1.29 is 4.79 Å². The smallest absolute Gasteiger partial charge is 0.168 e. The summed E-state index contributed by atoms with van der Waals surface area (Å²) in [6.45, 7) is 4.12. The van der Waals surface area contributed by atoms with Crippen LogP contribution in [0.25, 0.3) is 22.4 Å². The Bertz CT molecular complexity index is 1610. The molecule has 3 heteroatoms. The zero-order valence-corrected chi connectivity index (χ0v) is 21.8. The molecule has 1 aliphatic rings. The van der Waals surface area contributed by atoms with Crippen LogP contribution in [0.5, 0.6) is 0 Å². The largest absolute Gasteiger partial charge is 0.310 e. The molecular weight excluding hydrogens is 464 g/mol. The standard InChI is InChI=1S/C35H30N2O/c1-35(2)21-20-26-18-19-29(24-31(26)34(35)38)37(28-14-10-13-27(23-28)32-16-8-9-22-36-32)33-17-7-6-15-30(33)25-11-4-3-5-12-25/h3-19,22-24H,20-21H2,1-2H3. The Morgan fingerprint density at radius 2 is 1.42 bits per heavy atom. The van der Waals surface area contributed by atoms with Gasteiger partial charge in [0, 0.05) is 39.7 Å². The van der Waals surface area contributed by atoms with E-state index in [9.17, 15) is 4.79 Å². The molecule has 0 spiro atoms. The maximum absolute atomic E-state index is 13.5. The van der Waals surface area contributed by atoms with E-state index in [4.69, 9.17) is 0 Å². The summed E-state index contributed by atoms with van der Waals surface area (Å²) in [5, 5.41) is 0. The fraction of sp³-hybridized carbons (Fsp3) is 0.143. The summed E-state index contributed by atoms with van der Waals surface area (Å²) in [6, 6.07) is 39.7. The second-order valence-corrected chi connectivity index (χ2v) is 10.5. The highest BCUT2D eigenvalue weighted by atomic mass is 16.1. The van der Waals surface area contributed by atoms with E-state index < -0.39 is 0 Å². The fourth-order valence-electron chi connectivity index (χ4n) is 5.35. The van der Waals surface area contributed by atoms with Crippen LogP contribution in [0.15, 0.2) is 121 Å². The predicted octanol–water partition coefficient (Wildman–Crippen LogP) is 9.04. The molecule has 0 amide bonds. The Morgan fingerprint density at radius 3 is 2.24 bits per heavy atom. The maximum atomic E-state index is 13.5. The molecule has 0 aliphatic heterocycles. The van der Waals surface area contributed by atoms with Gasteiger partial charge in [0.25, 0.3) is 0 Å². The van der Waals surface area contributed by atoms with Crippen molar-refractivity contribution in [2.24, 2.45) is 5.41 Å². The minimum absolute atomic E-state index is 0.221. The average Bonchev–Trinajstić information content (AvgIpc) is 2.97. The first kappa shape index (κ1) is 23.9. The number of aryl methyl sites for hydroxylation is 1. The molecule has 4 aromatic carbocycles. The molecule has 1 aliphatic carbocycles. The van der Waals surface area contributed by atoms with Gasteiger partial charge in [0.1, 0.15) is 0 Å². The van der Waals surface area contributed by atoms with Gasteiger partial charge in [-0.15, -0.1) is 0 Å². The van der Waals surface area contributed by atoms with Gasteiger partial charge in [-0.2, -0.15) is 0 Å². The summed E-state index contributed by atoms with van der Waals surface area (Å²) in [5.74, 6) is 0.221. The van der Waals surface area contributed by atoms with E-state index in [1.165, 1.54) is 0 Å². The van der Waals surface area contributed by atoms with Crippen LogP contribution >= 0.6 is 0 Å². The molecule has 0 saturated carbocycles. The Kier molecular flexibility index (Phi) is 6.13. The molecule has 0 radical (unpaired) electrons. The van der Waals surface area contributed by atoms with E-state index >= 15 is 0 Å². The number of hydrogen-bond acceptors (Lipinski definition) is 3. The van der Waals surface area contributed by atoms with Gasteiger partial charge in [-0.1, -0.05) is 86.6 Å². The highest BCUT2D eigenvalue weighted by Crippen LogP contribution is 2.43. The van der Waals surface area contributed by atoms with Crippen molar-refractivity contribution >= 4 is 22.8 Å². The molecule has 0 unspecified atom stereocenters. The van der Waals surface area contributed by atoms with Crippen molar-refractivity contribution in [2.45, 2.75) is 26.7 Å². The Hall–Kier alpha value is -4.50. The van der Waals surface area contributed by atoms with Crippen LogP contribution in [0.1, 0.15) is 36.2 Å². The minimum Gasteiger partial charge on any atom is -0.310 e. The van der Waals surface area contributed by atoms with Crippen molar-refractivity contribution in [3.05, 3.63) is 133 Å². The highest BCUT2D eigenvalue weighted by molar-refractivity contribution is 6.03. The quantitative estimate of drug-likeness (QED) is 0.244. The zero-order chi connectivity index (χ0) is 26.1.